The number of amides is 1. The minimum absolute atomic E-state index is 0.105. The molecule has 1 fully saturated rings. The summed E-state index contributed by atoms with van der Waals surface area (Å²) in [6.45, 7) is 5.99. The summed E-state index contributed by atoms with van der Waals surface area (Å²) in [5.41, 5.74) is 1.76. The van der Waals surface area contributed by atoms with Gasteiger partial charge in [0.2, 0.25) is 15.9 Å². The lowest BCUT2D eigenvalue weighted by atomic mass is 10.2. The number of aryl methyl sites for hydroxylation is 4. The van der Waals surface area contributed by atoms with Crippen LogP contribution in [0.2, 0.25) is 5.15 Å². The van der Waals surface area contributed by atoms with Crippen molar-refractivity contribution in [1.29, 1.82) is 0 Å². The second-order valence-corrected chi connectivity index (χ2v) is 8.86. The highest BCUT2D eigenvalue weighted by Gasteiger charge is 2.33. The Bertz CT molecular complexity index is 1010. The van der Waals surface area contributed by atoms with Gasteiger partial charge >= 0.3 is 0 Å². The van der Waals surface area contributed by atoms with Crippen LogP contribution in [-0.4, -0.2) is 64.6 Å². The monoisotopic (exact) mass is 427 g/mol. The molecule has 1 amide bonds. The lowest BCUT2D eigenvalue weighted by Crippen LogP contribution is -2.50. The second kappa shape index (κ2) is 7.69. The Morgan fingerprint density at radius 3 is 2.29 bits per heavy atom. The van der Waals surface area contributed by atoms with E-state index in [9.17, 15) is 13.2 Å². The van der Waals surface area contributed by atoms with Gasteiger partial charge in [-0.15, -0.1) is 0 Å². The molecule has 0 spiro atoms. The molecule has 3 rings (SSSR count). The van der Waals surface area contributed by atoms with Crippen LogP contribution in [0.5, 0.6) is 0 Å². The lowest BCUT2D eigenvalue weighted by molar-refractivity contribution is -0.127. The van der Waals surface area contributed by atoms with Crippen LogP contribution in [0.1, 0.15) is 22.7 Å². The van der Waals surface area contributed by atoms with Gasteiger partial charge in [-0.2, -0.15) is 9.40 Å². The summed E-state index contributed by atoms with van der Waals surface area (Å²) in [5.74, 6) is 0.0661. The molecule has 0 bridgehead atoms. The average molecular weight is 428 g/mol. The molecule has 1 aliphatic heterocycles. The smallest absolute Gasteiger partial charge is 0.248 e. The summed E-state index contributed by atoms with van der Waals surface area (Å²) in [7, 11) is -1.97. The molecule has 11 heteroatoms. The van der Waals surface area contributed by atoms with E-state index in [0.29, 0.717) is 29.5 Å². The number of rotatable bonds is 4. The molecular formula is C17H22ClN5O4S. The molecule has 2 aromatic heterocycles. The zero-order valence-corrected chi connectivity index (χ0v) is 17.7. The minimum atomic E-state index is -3.70. The van der Waals surface area contributed by atoms with Crippen molar-refractivity contribution in [2.75, 3.05) is 26.2 Å². The van der Waals surface area contributed by atoms with Crippen molar-refractivity contribution in [1.82, 2.24) is 24.1 Å². The number of sulfonamides is 1. The van der Waals surface area contributed by atoms with Crippen molar-refractivity contribution in [3.63, 3.8) is 0 Å². The second-order valence-electron chi connectivity index (χ2n) is 6.63. The van der Waals surface area contributed by atoms with Crippen LogP contribution in [0.15, 0.2) is 15.5 Å². The van der Waals surface area contributed by atoms with Crippen molar-refractivity contribution in [3.8, 4) is 0 Å². The third kappa shape index (κ3) is 3.71. The number of piperazine rings is 1. The summed E-state index contributed by atoms with van der Waals surface area (Å²) in [6, 6.07) is 0. The Morgan fingerprint density at radius 1 is 1.14 bits per heavy atom. The third-order valence-electron chi connectivity index (χ3n) is 4.70. The molecule has 2 aromatic rings. The number of halogens is 1. The van der Waals surface area contributed by atoms with Gasteiger partial charge in [-0.3, -0.25) is 9.48 Å². The molecule has 1 aliphatic rings. The number of hydrogen-bond acceptors (Lipinski definition) is 6. The Labute approximate surface area is 168 Å². The first-order valence-electron chi connectivity index (χ1n) is 8.72. The van der Waals surface area contributed by atoms with Crippen LogP contribution in [0.25, 0.3) is 6.08 Å². The number of nitrogens with zero attached hydrogens (tertiary/aromatic N) is 5. The van der Waals surface area contributed by atoms with Gasteiger partial charge in [-0.1, -0.05) is 16.8 Å². The summed E-state index contributed by atoms with van der Waals surface area (Å²) >= 11 is 6.17. The largest absolute Gasteiger partial charge is 0.360 e. The Hall–Kier alpha value is -2.17. The van der Waals surface area contributed by atoms with Crippen LogP contribution in [0, 0.1) is 20.8 Å². The normalized spacial score (nSPS) is 16.2. The van der Waals surface area contributed by atoms with Crippen LogP contribution in [-0.2, 0) is 21.9 Å². The van der Waals surface area contributed by atoms with E-state index in [0.717, 1.165) is 5.69 Å². The zero-order valence-electron chi connectivity index (χ0n) is 16.1. The van der Waals surface area contributed by atoms with Crippen molar-refractivity contribution in [2.24, 2.45) is 7.05 Å². The lowest BCUT2D eigenvalue weighted by Gasteiger charge is -2.33. The molecule has 152 valence electrons. The first-order chi connectivity index (χ1) is 13.1. The first-order valence-corrected chi connectivity index (χ1v) is 10.5. The fourth-order valence-electron chi connectivity index (χ4n) is 3.22. The number of carbonyl (C=O) groups is 1. The topological polar surface area (TPSA) is 102 Å². The van der Waals surface area contributed by atoms with Crippen LogP contribution in [0.4, 0.5) is 0 Å². The van der Waals surface area contributed by atoms with Gasteiger partial charge in [-0.05, 0) is 26.8 Å². The Kier molecular flexibility index (Phi) is 5.64. The van der Waals surface area contributed by atoms with Crippen LogP contribution < -0.4 is 0 Å². The molecule has 1 saturated heterocycles. The van der Waals surface area contributed by atoms with Gasteiger partial charge in [0.05, 0.1) is 5.69 Å². The van der Waals surface area contributed by atoms with Crippen molar-refractivity contribution in [3.05, 3.63) is 33.9 Å². The van der Waals surface area contributed by atoms with Gasteiger partial charge in [0.15, 0.2) is 5.76 Å². The summed E-state index contributed by atoms with van der Waals surface area (Å²) in [5, 5.41) is 8.37. The standard InChI is InChI=1S/C17H22ClN5O4S/c1-11-14(17(18)21(4)19-11)5-6-15(24)22-7-9-23(10-8-22)28(25,26)16-12(2)20-27-13(16)3/h5-6H,7-10H2,1-4H3/b6-5+. The summed E-state index contributed by atoms with van der Waals surface area (Å²) in [6.07, 6.45) is 3.08. The van der Waals surface area contributed by atoms with E-state index in [4.69, 9.17) is 16.1 Å². The molecule has 9 nitrogen and oxygen atoms in total. The summed E-state index contributed by atoms with van der Waals surface area (Å²) < 4.78 is 33.6. The van der Waals surface area contributed by atoms with E-state index in [1.54, 1.807) is 36.6 Å². The number of aromatic nitrogens is 3. The highest BCUT2D eigenvalue weighted by atomic mass is 35.5. The molecule has 28 heavy (non-hydrogen) atoms. The van der Waals surface area contributed by atoms with Crippen molar-refractivity contribution >= 4 is 33.6 Å². The van der Waals surface area contributed by atoms with Gasteiger partial charge in [0.1, 0.15) is 15.7 Å². The predicted molar refractivity (Wildman–Crippen MR) is 103 cm³/mol. The maximum absolute atomic E-state index is 12.8. The third-order valence-corrected chi connectivity index (χ3v) is 7.30. The zero-order chi connectivity index (χ0) is 20.6. The molecule has 0 atom stereocenters. The van der Waals surface area contributed by atoms with Gasteiger partial charge in [-0.25, -0.2) is 8.42 Å². The maximum atomic E-state index is 12.8. The molecule has 0 radical (unpaired) electrons. The fraction of sp³-hybridized carbons (Fsp3) is 0.471. The van der Waals surface area contributed by atoms with Crippen LogP contribution >= 0.6 is 11.6 Å². The molecule has 0 aliphatic carbocycles. The molecule has 0 N–H and O–H groups in total. The molecule has 0 unspecified atom stereocenters. The van der Waals surface area contributed by atoms with E-state index in [1.807, 2.05) is 6.92 Å². The minimum Gasteiger partial charge on any atom is -0.360 e. The van der Waals surface area contributed by atoms with E-state index in [1.165, 1.54) is 10.4 Å². The average Bonchev–Trinajstić information content (AvgIpc) is 3.11. The predicted octanol–water partition coefficient (Wildman–Crippen LogP) is 1.53. The Morgan fingerprint density at radius 2 is 1.79 bits per heavy atom. The van der Waals surface area contributed by atoms with Gasteiger partial charge in [0, 0.05) is 44.9 Å². The maximum Gasteiger partial charge on any atom is 0.248 e. The molecule has 3 heterocycles. The highest BCUT2D eigenvalue weighted by molar-refractivity contribution is 7.89. The summed E-state index contributed by atoms with van der Waals surface area (Å²) in [4.78, 5) is 14.2. The van der Waals surface area contributed by atoms with Crippen molar-refractivity contribution in [2.45, 2.75) is 25.7 Å². The van der Waals surface area contributed by atoms with E-state index in [-0.39, 0.29) is 29.7 Å². The SMILES string of the molecule is Cc1nn(C)c(Cl)c1/C=C/C(=O)N1CCN(S(=O)(=O)c2c(C)noc2C)CC1. The fourth-order valence-corrected chi connectivity index (χ4v) is 5.17. The number of carbonyl (C=O) groups excluding carboxylic acids is 1. The highest BCUT2D eigenvalue weighted by Crippen LogP contribution is 2.24. The number of hydrogen-bond donors (Lipinski definition) is 0. The Balaban J connectivity index is 1.67. The van der Waals surface area contributed by atoms with E-state index in [2.05, 4.69) is 10.3 Å². The van der Waals surface area contributed by atoms with Crippen LogP contribution in [0.3, 0.4) is 0 Å². The molecular weight excluding hydrogens is 406 g/mol. The van der Waals surface area contributed by atoms with Gasteiger partial charge < -0.3 is 9.42 Å². The quantitative estimate of drug-likeness (QED) is 0.686. The first kappa shape index (κ1) is 20.6. The van der Waals surface area contributed by atoms with E-state index >= 15 is 0 Å². The van der Waals surface area contributed by atoms with Gasteiger partial charge in [0.25, 0.3) is 0 Å². The van der Waals surface area contributed by atoms with Crippen molar-refractivity contribution < 1.29 is 17.7 Å². The molecule has 0 saturated carbocycles. The molecule has 0 aromatic carbocycles. The van der Waals surface area contributed by atoms with E-state index < -0.39 is 10.0 Å².